The molecule has 10 heteroatoms. The molecule has 2 atom stereocenters. The molecule has 3 amide bonds. The van der Waals surface area contributed by atoms with Crippen LogP contribution in [0.3, 0.4) is 0 Å². The van der Waals surface area contributed by atoms with Gasteiger partial charge in [0.25, 0.3) is 11.8 Å². The summed E-state index contributed by atoms with van der Waals surface area (Å²) in [5, 5.41) is 10.7. The van der Waals surface area contributed by atoms with Gasteiger partial charge in [-0.3, -0.25) is 14.4 Å². The second-order valence-electron chi connectivity index (χ2n) is 13.6. The first kappa shape index (κ1) is 38.3. The normalized spacial score (nSPS) is 14.3. The number of anilines is 2. The molecule has 3 N–H and O–H groups in total. The Morgan fingerprint density at radius 2 is 1.57 bits per heavy atom. The molecular weight excluding hydrogens is 739 g/mol. The Bertz CT molecular complexity index is 2420. The fourth-order valence-electron chi connectivity index (χ4n) is 6.79. The van der Waals surface area contributed by atoms with E-state index in [1.165, 1.54) is 23.1 Å². The van der Waals surface area contributed by atoms with Crippen molar-refractivity contribution in [3.63, 3.8) is 0 Å². The monoisotopic (exact) mass is 779 g/mol. The fourth-order valence-corrected chi connectivity index (χ4v) is 9.28. The van der Waals surface area contributed by atoms with Crippen LogP contribution in [0.1, 0.15) is 67.8 Å². The van der Waals surface area contributed by atoms with Gasteiger partial charge in [0.1, 0.15) is 15.9 Å². The molecule has 0 fully saturated rings. The molecule has 0 bridgehead atoms. The summed E-state index contributed by atoms with van der Waals surface area (Å²) in [6.45, 7) is 4.22. The fraction of sp³-hybridized carbons (Fsp3) is 0.174. The molecule has 56 heavy (non-hydrogen) atoms. The minimum Gasteiger partial charge on any atom is -0.462 e. The van der Waals surface area contributed by atoms with Gasteiger partial charge in [-0.05, 0) is 96.0 Å². The Hall–Kier alpha value is -5.97. The maximum atomic E-state index is 14.3. The van der Waals surface area contributed by atoms with E-state index >= 15 is 0 Å². The number of esters is 1. The quantitative estimate of drug-likeness (QED) is 0.0648. The van der Waals surface area contributed by atoms with Crippen molar-refractivity contribution in [2.75, 3.05) is 17.2 Å². The molecule has 6 aromatic rings. The molecule has 0 aliphatic heterocycles. The van der Waals surface area contributed by atoms with E-state index in [2.05, 4.69) is 22.9 Å². The van der Waals surface area contributed by atoms with Gasteiger partial charge in [0.15, 0.2) is 0 Å². The van der Waals surface area contributed by atoms with Gasteiger partial charge in [-0.2, -0.15) is 0 Å². The predicted molar refractivity (Wildman–Crippen MR) is 226 cm³/mol. The third-order valence-electron chi connectivity index (χ3n) is 9.57. The van der Waals surface area contributed by atoms with E-state index in [1.807, 2.05) is 91.0 Å². The summed E-state index contributed by atoms with van der Waals surface area (Å²) in [5.74, 6) is -1.14. The standard InChI is InChI=1S/C46H41N3O5S2/c1-3-54-46(53)40-37-25-24-29(2)26-39(37)56-45(40)49-44(52)41(31-15-6-4-7-16-31)55-35-22-13-21-34(28-35)47-43(51)38(48-42(50)32-17-8-5-9-18-32)27-33-20-12-19-30-14-10-11-23-36(30)33/h4-23,27-29,41H,3,24-26H2,1-2H3,(H,47,51)(H,48,50)(H,49,52)/b38-27+. The Labute approximate surface area is 334 Å². The van der Waals surface area contributed by atoms with E-state index in [0.29, 0.717) is 27.7 Å². The van der Waals surface area contributed by atoms with Crippen LogP contribution < -0.4 is 16.0 Å². The summed E-state index contributed by atoms with van der Waals surface area (Å²) in [4.78, 5) is 56.7. The van der Waals surface area contributed by atoms with Gasteiger partial charge in [-0.1, -0.05) is 104 Å². The van der Waals surface area contributed by atoms with Gasteiger partial charge >= 0.3 is 5.97 Å². The van der Waals surface area contributed by atoms with Gasteiger partial charge in [-0.15, -0.1) is 23.1 Å². The smallest absolute Gasteiger partial charge is 0.341 e. The van der Waals surface area contributed by atoms with Crippen molar-refractivity contribution in [3.8, 4) is 0 Å². The second kappa shape index (κ2) is 17.7. The molecule has 0 saturated heterocycles. The molecule has 0 radical (unpaired) electrons. The predicted octanol–water partition coefficient (Wildman–Crippen LogP) is 10.1. The van der Waals surface area contributed by atoms with Gasteiger partial charge < -0.3 is 20.7 Å². The minimum atomic E-state index is -0.692. The lowest BCUT2D eigenvalue weighted by atomic mass is 9.88. The van der Waals surface area contributed by atoms with Crippen LogP contribution in [0.4, 0.5) is 10.7 Å². The van der Waals surface area contributed by atoms with Crippen LogP contribution in [0.25, 0.3) is 16.8 Å². The molecule has 1 aromatic heterocycles. The van der Waals surface area contributed by atoms with Gasteiger partial charge in [-0.25, -0.2) is 4.79 Å². The highest BCUT2D eigenvalue weighted by molar-refractivity contribution is 8.00. The molecular formula is C46H41N3O5S2. The van der Waals surface area contributed by atoms with Crippen LogP contribution in [0.5, 0.6) is 0 Å². The van der Waals surface area contributed by atoms with Crippen LogP contribution in [0.15, 0.2) is 138 Å². The Kier molecular flexibility index (Phi) is 12.1. The number of fused-ring (bicyclic) bond motifs is 2. The maximum Gasteiger partial charge on any atom is 0.341 e. The summed E-state index contributed by atoms with van der Waals surface area (Å²) in [5.41, 5.74) is 3.95. The van der Waals surface area contributed by atoms with Crippen molar-refractivity contribution in [1.29, 1.82) is 0 Å². The number of hydrogen-bond donors (Lipinski definition) is 3. The Balaban J connectivity index is 1.16. The van der Waals surface area contributed by atoms with E-state index < -0.39 is 23.0 Å². The van der Waals surface area contributed by atoms with E-state index in [4.69, 9.17) is 4.74 Å². The number of hydrogen-bond acceptors (Lipinski definition) is 7. The number of benzene rings is 5. The van der Waals surface area contributed by atoms with E-state index in [1.54, 1.807) is 49.4 Å². The highest BCUT2D eigenvalue weighted by Crippen LogP contribution is 2.42. The summed E-state index contributed by atoms with van der Waals surface area (Å²) in [6, 6.07) is 39.1. The largest absolute Gasteiger partial charge is 0.462 e. The number of amides is 3. The summed E-state index contributed by atoms with van der Waals surface area (Å²) < 4.78 is 5.45. The molecule has 0 spiro atoms. The number of carbonyl (C=O) groups excluding carboxylic acids is 4. The molecule has 8 nitrogen and oxygen atoms in total. The van der Waals surface area contributed by atoms with Crippen molar-refractivity contribution in [2.45, 2.75) is 43.3 Å². The lowest BCUT2D eigenvalue weighted by Gasteiger charge is -2.19. The van der Waals surface area contributed by atoms with Crippen LogP contribution in [-0.4, -0.2) is 30.3 Å². The molecule has 2 unspecified atom stereocenters. The summed E-state index contributed by atoms with van der Waals surface area (Å²) in [7, 11) is 0. The molecule has 5 aromatic carbocycles. The number of rotatable bonds is 12. The third kappa shape index (κ3) is 8.94. The SMILES string of the molecule is CCOC(=O)c1c(NC(=O)C(Sc2cccc(NC(=O)/C(=C\c3cccc4ccccc34)NC(=O)c3ccccc3)c2)c2ccccc2)sc2c1CCC(C)C2. The number of carbonyl (C=O) groups is 4. The first-order valence-corrected chi connectivity index (χ1v) is 20.3. The second-order valence-corrected chi connectivity index (χ2v) is 15.9. The average Bonchev–Trinajstić information content (AvgIpc) is 3.57. The van der Waals surface area contributed by atoms with Crippen LogP contribution >= 0.6 is 23.1 Å². The van der Waals surface area contributed by atoms with Crippen LogP contribution in [0.2, 0.25) is 0 Å². The molecule has 282 valence electrons. The lowest BCUT2D eigenvalue weighted by molar-refractivity contribution is -0.116. The van der Waals surface area contributed by atoms with Crippen molar-refractivity contribution < 1.29 is 23.9 Å². The first-order valence-electron chi connectivity index (χ1n) is 18.6. The van der Waals surface area contributed by atoms with Gasteiger partial charge in [0, 0.05) is 21.0 Å². The van der Waals surface area contributed by atoms with Crippen molar-refractivity contribution in [1.82, 2.24) is 5.32 Å². The number of thioether (sulfide) groups is 1. The zero-order valence-corrected chi connectivity index (χ0v) is 32.7. The minimum absolute atomic E-state index is 0.0697. The number of thiophene rings is 1. The molecule has 1 heterocycles. The van der Waals surface area contributed by atoms with Gasteiger partial charge in [0.2, 0.25) is 5.91 Å². The molecule has 1 aliphatic rings. The van der Waals surface area contributed by atoms with Gasteiger partial charge in [0.05, 0.1) is 12.2 Å². The summed E-state index contributed by atoms with van der Waals surface area (Å²) >= 11 is 2.79. The average molecular weight is 780 g/mol. The summed E-state index contributed by atoms with van der Waals surface area (Å²) in [6.07, 6.45) is 4.27. The highest BCUT2D eigenvalue weighted by Gasteiger charge is 2.31. The third-order valence-corrected chi connectivity index (χ3v) is 12.0. The zero-order valence-electron chi connectivity index (χ0n) is 31.0. The number of ether oxygens (including phenoxy) is 1. The van der Waals surface area contributed by atoms with Crippen molar-refractivity contribution >= 4 is 74.3 Å². The lowest BCUT2D eigenvalue weighted by Crippen LogP contribution is -2.30. The number of nitrogens with one attached hydrogen (secondary N) is 3. The molecule has 0 saturated carbocycles. The van der Waals surface area contributed by atoms with Crippen LogP contribution in [-0.2, 0) is 27.2 Å². The zero-order chi connectivity index (χ0) is 39.0. The molecule has 7 rings (SSSR count). The van der Waals surface area contributed by atoms with E-state index in [-0.39, 0.29) is 18.2 Å². The maximum absolute atomic E-state index is 14.3. The Morgan fingerprint density at radius 1 is 0.857 bits per heavy atom. The molecule has 1 aliphatic carbocycles. The van der Waals surface area contributed by atoms with Crippen molar-refractivity contribution in [3.05, 3.63) is 166 Å². The van der Waals surface area contributed by atoms with E-state index in [9.17, 15) is 19.2 Å². The van der Waals surface area contributed by atoms with Crippen LogP contribution in [0, 0.1) is 5.92 Å². The van der Waals surface area contributed by atoms with E-state index in [0.717, 1.165) is 56.5 Å². The van der Waals surface area contributed by atoms with Crippen molar-refractivity contribution in [2.24, 2.45) is 5.92 Å². The Morgan fingerprint density at radius 3 is 2.36 bits per heavy atom. The topological polar surface area (TPSA) is 114 Å². The first-order chi connectivity index (χ1) is 27.3. The highest BCUT2D eigenvalue weighted by atomic mass is 32.2.